The summed E-state index contributed by atoms with van der Waals surface area (Å²) in [5.41, 5.74) is 0.391. The fraction of sp³-hybridized carbons (Fsp3) is 0.500. The van der Waals surface area contributed by atoms with Crippen molar-refractivity contribution in [1.29, 1.82) is 0 Å². The number of rotatable bonds is 6. The van der Waals surface area contributed by atoms with E-state index in [0.717, 1.165) is 17.6 Å². The molecular formula is C18H22N4O7S2. The van der Waals surface area contributed by atoms with Crippen LogP contribution in [0.3, 0.4) is 0 Å². The number of carbonyl (C=O) groups is 2. The number of nitrogens with zero attached hydrogens (tertiary/aromatic N) is 4. The summed E-state index contributed by atoms with van der Waals surface area (Å²) >= 11 is 1.05. The number of non-ortho nitro benzene ring substituents is 1. The topological polar surface area (TPSA) is 141 Å². The molecule has 0 N–H and O–H groups in total. The van der Waals surface area contributed by atoms with E-state index in [4.69, 9.17) is 4.74 Å². The van der Waals surface area contributed by atoms with Crippen molar-refractivity contribution in [3.05, 3.63) is 33.1 Å². The second kappa shape index (κ2) is 9.24. The molecule has 1 fully saturated rings. The number of esters is 1. The smallest absolute Gasteiger partial charge is 0.326 e. The van der Waals surface area contributed by atoms with Crippen LogP contribution in [0.25, 0.3) is 10.2 Å². The number of piperidine rings is 1. The van der Waals surface area contributed by atoms with E-state index in [0.29, 0.717) is 29.6 Å². The van der Waals surface area contributed by atoms with Gasteiger partial charge < -0.3 is 9.30 Å². The molecule has 1 saturated heterocycles. The first-order chi connectivity index (χ1) is 14.6. The average molecular weight is 471 g/mol. The lowest BCUT2D eigenvalue weighted by atomic mass is 9.99. The van der Waals surface area contributed by atoms with E-state index in [-0.39, 0.29) is 30.2 Å². The van der Waals surface area contributed by atoms with Crippen molar-refractivity contribution < 1.29 is 27.7 Å². The number of fused-ring (bicyclic) bond motifs is 1. The van der Waals surface area contributed by atoms with Gasteiger partial charge in [-0.1, -0.05) is 11.3 Å². The molecule has 1 amide bonds. The Bertz CT molecular complexity index is 1200. The number of carbonyl (C=O) groups excluding carboxylic acids is 2. The maximum Gasteiger partial charge on any atom is 0.326 e. The van der Waals surface area contributed by atoms with Crippen molar-refractivity contribution in [2.45, 2.75) is 26.3 Å². The molecule has 13 heteroatoms. The van der Waals surface area contributed by atoms with Gasteiger partial charge in [0, 0.05) is 25.2 Å². The SMILES string of the molecule is CCOC(=O)Cn1c(=NC(=O)C2CCCN(S(C)(=O)=O)C2)sc2cc([N+](=O)[O-])ccc21. The Morgan fingerprint density at radius 2 is 2.13 bits per heavy atom. The molecule has 1 aliphatic heterocycles. The molecule has 1 aromatic heterocycles. The molecule has 0 saturated carbocycles. The molecular weight excluding hydrogens is 448 g/mol. The zero-order chi connectivity index (χ0) is 22.8. The minimum atomic E-state index is -3.42. The van der Waals surface area contributed by atoms with E-state index in [1.165, 1.54) is 27.1 Å². The monoisotopic (exact) mass is 470 g/mol. The Kier molecular flexibility index (Phi) is 6.86. The lowest BCUT2D eigenvalue weighted by Crippen LogP contribution is -2.41. The van der Waals surface area contributed by atoms with E-state index in [1.54, 1.807) is 6.92 Å². The van der Waals surface area contributed by atoms with Crippen molar-refractivity contribution in [3.8, 4) is 0 Å². The van der Waals surface area contributed by atoms with E-state index < -0.39 is 32.7 Å². The van der Waals surface area contributed by atoms with Gasteiger partial charge in [0.2, 0.25) is 10.0 Å². The second-order valence-corrected chi connectivity index (χ2v) is 10.1. The Labute approximate surface area is 182 Å². The number of hydrogen-bond acceptors (Lipinski definition) is 8. The van der Waals surface area contributed by atoms with Gasteiger partial charge in [-0.25, -0.2) is 12.7 Å². The highest BCUT2D eigenvalue weighted by Crippen LogP contribution is 2.24. The number of sulfonamides is 1. The third-order valence-electron chi connectivity index (χ3n) is 4.88. The molecule has 2 aromatic rings. The third kappa shape index (κ3) is 5.35. The molecule has 0 radical (unpaired) electrons. The number of thiazole rings is 1. The van der Waals surface area contributed by atoms with Crippen molar-refractivity contribution >= 4 is 49.1 Å². The van der Waals surface area contributed by atoms with Crippen LogP contribution in [0, 0.1) is 16.0 Å². The van der Waals surface area contributed by atoms with Crippen LogP contribution in [-0.2, 0) is 30.9 Å². The van der Waals surface area contributed by atoms with Crippen molar-refractivity contribution in [2.75, 3.05) is 26.0 Å². The average Bonchev–Trinajstić information content (AvgIpc) is 3.03. The number of aromatic nitrogens is 1. The zero-order valence-electron chi connectivity index (χ0n) is 17.0. The molecule has 0 aliphatic carbocycles. The number of amides is 1. The summed E-state index contributed by atoms with van der Waals surface area (Å²) in [5.74, 6) is -1.62. The van der Waals surface area contributed by atoms with Gasteiger partial charge in [0.15, 0.2) is 4.80 Å². The summed E-state index contributed by atoms with van der Waals surface area (Å²) in [6.07, 6.45) is 2.15. The van der Waals surface area contributed by atoms with Crippen molar-refractivity contribution in [1.82, 2.24) is 8.87 Å². The van der Waals surface area contributed by atoms with Crippen LogP contribution in [-0.4, -0.2) is 60.0 Å². The van der Waals surface area contributed by atoms with E-state index in [1.807, 2.05) is 0 Å². The van der Waals surface area contributed by atoms with Crippen LogP contribution in [0.15, 0.2) is 23.2 Å². The predicted molar refractivity (Wildman–Crippen MR) is 113 cm³/mol. The number of nitro groups is 1. The number of benzene rings is 1. The fourth-order valence-electron chi connectivity index (χ4n) is 3.38. The summed E-state index contributed by atoms with van der Waals surface area (Å²) in [4.78, 5) is 39.8. The van der Waals surface area contributed by atoms with Gasteiger partial charge in [-0.3, -0.25) is 19.7 Å². The number of nitro benzene ring substituents is 1. The lowest BCUT2D eigenvalue weighted by Gasteiger charge is -2.28. The van der Waals surface area contributed by atoms with Crippen LogP contribution in [0.5, 0.6) is 0 Å². The van der Waals surface area contributed by atoms with Crippen LogP contribution in [0.2, 0.25) is 0 Å². The Morgan fingerprint density at radius 1 is 1.39 bits per heavy atom. The first-order valence-corrected chi connectivity index (χ1v) is 12.2. The Morgan fingerprint density at radius 3 is 2.77 bits per heavy atom. The summed E-state index contributed by atoms with van der Waals surface area (Å²) < 4.78 is 31.9. The highest BCUT2D eigenvalue weighted by atomic mass is 32.2. The van der Waals surface area contributed by atoms with Gasteiger partial charge in [0.05, 0.1) is 33.9 Å². The van der Waals surface area contributed by atoms with Crippen molar-refractivity contribution in [3.63, 3.8) is 0 Å². The summed E-state index contributed by atoms with van der Waals surface area (Å²) in [7, 11) is -3.42. The highest BCUT2D eigenvalue weighted by molar-refractivity contribution is 7.88. The molecule has 1 aliphatic rings. The second-order valence-electron chi connectivity index (χ2n) is 7.10. The molecule has 168 valence electrons. The fourth-order valence-corrected chi connectivity index (χ4v) is 5.36. The number of hydrogen-bond donors (Lipinski definition) is 0. The van der Waals surface area contributed by atoms with Gasteiger partial charge in [0.1, 0.15) is 6.54 Å². The van der Waals surface area contributed by atoms with E-state index >= 15 is 0 Å². The van der Waals surface area contributed by atoms with Crippen LogP contribution in [0.4, 0.5) is 5.69 Å². The van der Waals surface area contributed by atoms with Crippen LogP contribution < -0.4 is 4.80 Å². The van der Waals surface area contributed by atoms with Gasteiger partial charge in [-0.05, 0) is 25.8 Å². The summed E-state index contributed by atoms with van der Waals surface area (Å²) in [6.45, 7) is 2.05. The van der Waals surface area contributed by atoms with Crippen molar-refractivity contribution in [2.24, 2.45) is 10.9 Å². The van der Waals surface area contributed by atoms with Gasteiger partial charge in [-0.15, -0.1) is 0 Å². The van der Waals surface area contributed by atoms with Crippen LogP contribution >= 0.6 is 11.3 Å². The molecule has 0 spiro atoms. The molecule has 31 heavy (non-hydrogen) atoms. The molecule has 0 bridgehead atoms. The minimum Gasteiger partial charge on any atom is -0.465 e. The third-order valence-corrected chi connectivity index (χ3v) is 7.19. The molecule has 2 heterocycles. The van der Waals surface area contributed by atoms with Gasteiger partial charge in [0.25, 0.3) is 11.6 Å². The summed E-state index contributed by atoms with van der Waals surface area (Å²) in [5, 5.41) is 11.1. The quantitative estimate of drug-likeness (QED) is 0.352. The van der Waals surface area contributed by atoms with E-state index in [2.05, 4.69) is 4.99 Å². The molecule has 3 rings (SSSR count). The predicted octanol–water partition coefficient (Wildman–Crippen LogP) is 1.27. The normalized spacial score (nSPS) is 18.3. The maximum atomic E-state index is 12.8. The lowest BCUT2D eigenvalue weighted by molar-refractivity contribution is -0.384. The highest BCUT2D eigenvalue weighted by Gasteiger charge is 2.30. The standard InChI is InChI=1S/C18H22N4O7S2/c1-3-29-16(23)11-21-14-7-6-13(22(25)26)9-15(14)30-18(21)19-17(24)12-5-4-8-20(10-12)31(2,27)28/h6-7,9,12H,3-5,8,10-11H2,1-2H3. The maximum absolute atomic E-state index is 12.8. The van der Waals surface area contributed by atoms with Gasteiger partial charge >= 0.3 is 5.97 Å². The van der Waals surface area contributed by atoms with E-state index in [9.17, 15) is 28.1 Å². The first kappa shape index (κ1) is 23.0. The van der Waals surface area contributed by atoms with Crippen LogP contribution in [0.1, 0.15) is 19.8 Å². The Balaban J connectivity index is 2.02. The molecule has 1 atom stereocenters. The molecule has 1 unspecified atom stereocenters. The minimum absolute atomic E-state index is 0.0510. The zero-order valence-corrected chi connectivity index (χ0v) is 18.6. The largest absolute Gasteiger partial charge is 0.465 e. The van der Waals surface area contributed by atoms with Gasteiger partial charge in [-0.2, -0.15) is 4.99 Å². The molecule has 1 aromatic carbocycles. The Hall–Kier alpha value is -2.64. The molecule has 11 nitrogen and oxygen atoms in total. The summed E-state index contributed by atoms with van der Waals surface area (Å²) in [6, 6.07) is 4.17. The first-order valence-electron chi connectivity index (χ1n) is 9.57. The number of ether oxygens (including phenoxy) is 1.